The third-order valence-electron chi connectivity index (χ3n) is 8.96. The molecule has 0 aliphatic heterocycles. The van der Waals surface area contributed by atoms with Crippen molar-refractivity contribution in [3.8, 4) is 22.6 Å². The zero-order valence-electron chi connectivity index (χ0n) is 28.6. The molecule has 0 fully saturated rings. The van der Waals surface area contributed by atoms with Gasteiger partial charge in [0.05, 0.1) is 7.11 Å². The quantitative estimate of drug-likeness (QED) is 0.0925. The maximum absolute atomic E-state index is 11.2. The molecule has 0 amide bonds. The van der Waals surface area contributed by atoms with E-state index in [1.54, 1.807) is 7.11 Å². The standard InChI is InChI=1S/C45H43NO3/c1-4-34-9-19-39(20-10-34)40-21-27-43(28-22-40)46(41-23-11-35(12-24-41)5-7-37-15-29-44(48-3)30-16-37)42-25-13-36(14-26-42)6-8-38-17-31-45(32-18-38)49-33(2)47/h9-32H,4-8H2,1-3H3. The number of methoxy groups -OCH3 is 1. The van der Waals surface area contributed by atoms with Crippen LogP contribution in [0.2, 0.25) is 0 Å². The Balaban J connectivity index is 1.21. The second-order valence-corrected chi connectivity index (χ2v) is 12.4. The summed E-state index contributed by atoms with van der Waals surface area (Å²) in [7, 11) is 1.70. The van der Waals surface area contributed by atoms with Crippen molar-refractivity contribution in [2.75, 3.05) is 12.0 Å². The maximum Gasteiger partial charge on any atom is 0.308 e. The van der Waals surface area contributed by atoms with Gasteiger partial charge in [0, 0.05) is 24.0 Å². The summed E-state index contributed by atoms with van der Waals surface area (Å²) in [4.78, 5) is 13.6. The Morgan fingerprint density at radius 3 is 1.16 bits per heavy atom. The van der Waals surface area contributed by atoms with Crippen molar-refractivity contribution in [1.82, 2.24) is 0 Å². The molecule has 0 aliphatic rings. The van der Waals surface area contributed by atoms with Crippen molar-refractivity contribution in [1.29, 1.82) is 0 Å². The van der Waals surface area contributed by atoms with Crippen LogP contribution in [0.4, 0.5) is 17.1 Å². The number of ether oxygens (including phenoxy) is 2. The Labute approximate surface area is 290 Å². The third kappa shape index (κ3) is 8.85. The predicted octanol–water partition coefficient (Wildman–Crippen LogP) is 10.9. The number of anilines is 3. The summed E-state index contributed by atoms with van der Waals surface area (Å²) in [6.45, 7) is 3.60. The first-order valence-corrected chi connectivity index (χ1v) is 17.0. The number of rotatable bonds is 13. The zero-order valence-corrected chi connectivity index (χ0v) is 28.6. The van der Waals surface area contributed by atoms with Crippen LogP contribution in [0.15, 0.2) is 146 Å². The third-order valence-corrected chi connectivity index (χ3v) is 8.96. The van der Waals surface area contributed by atoms with Crippen molar-refractivity contribution in [2.45, 2.75) is 46.0 Å². The SMILES string of the molecule is CCc1ccc(-c2ccc(N(c3ccc(CCc4ccc(OC)cc4)cc3)c3ccc(CCc4ccc(OC(C)=O)cc4)cc3)cc2)cc1. The fourth-order valence-corrected chi connectivity index (χ4v) is 6.07. The summed E-state index contributed by atoms with van der Waals surface area (Å²) in [5.41, 5.74) is 12.2. The van der Waals surface area contributed by atoms with Gasteiger partial charge in [-0.2, -0.15) is 0 Å². The summed E-state index contributed by atoms with van der Waals surface area (Å²) in [6.07, 6.45) is 4.81. The molecule has 6 rings (SSSR count). The van der Waals surface area contributed by atoms with Crippen molar-refractivity contribution in [2.24, 2.45) is 0 Å². The number of benzene rings is 6. The molecule has 0 aromatic heterocycles. The number of aryl methyl sites for hydroxylation is 5. The molecule has 246 valence electrons. The van der Waals surface area contributed by atoms with E-state index in [1.165, 1.54) is 45.9 Å². The minimum atomic E-state index is -0.305. The van der Waals surface area contributed by atoms with E-state index in [2.05, 4.69) is 121 Å². The van der Waals surface area contributed by atoms with Crippen LogP contribution in [0.5, 0.6) is 11.5 Å². The monoisotopic (exact) mass is 645 g/mol. The molecular formula is C45H43NO3. The minimum absolute atomic E-state index is 0.305. The molecule has 0 unspecified atom stereocenters. The van der Waals surface area contributed by atoms with E-state index < -0.39 is 0 Å². The maximum atomic E-state index is 11.2. The van der Waals surface area contributed by atoms with E-state index in [9.17, 15) is 4.79 Å². The van der Waals surface area contributed by atoms with Gasteiger partial charge in [-0.3, -0.25) is 4.79 Å². The number of nitrogens with zero attached hydrogens (tertiary/aromatic N) is 1. The van der Waals surface area contributed by atoms with Gasteiger partial charge in [0.1, 0.15) is 11.5 Å². The Bertz CT molecular complexity index is 1930. The van der Waals surface area contributed by atoms with E-state index >= 15 is 0 Å². The normalized spacial score (nSPS) is 10.8. The van der Waals surface area contributed by atoms with E-state index in [0.717, 1.165) is 54.9 Å². The highest BCUT2D eigenvalue weighted by atomic mass is 16.5. The van der Waals surface area contributed by atoms with Gasteiger partial charge in [-0.25, -0.2) is 0 Å². The molecule has 0 spiro atoms. The second-order valence-electron chi connectivity index (χ2n) is 12.4. The van der Waals surface area contributed by atoms with Crippen LogP contribution >= 0.6 is 0 Å². The van der Waals surface area contributed by atoms with Gasteiger partial charge < -0.3 is 14.4 Å². The molecule has 0 saturated heterocycles. The van der Waals surface area contributed by atoms with Gasteiger partial charge in [-0.15, -0.1) is 0 Å². The lowest BCUT2D eigenvalue weighted by atomic mass is 10.0. The number of carbonyl (C=O) groups excluding carboxylic acids is 1. The van der Waals surface area contributed by atoms with Crippen molar-refractivity contribution < 1.29 is 14.3 Å². The van der Waals surface area contributed by atoms with Crippen molar-refractivity contribution in [3.05, 3.63) is 173 Å². The van der Waals surface area contributed by atoms with Crippen LogP contribution in [-0.4, -0.2) is 13.1 Å². The average molecular weight is 646 g/mol. The van der Waals surface area contributed by atoms with Gasteiger partial charge in [-0.05, 0) is 132 Å². The van der Waals surface area contributed by atoms with Crippen LogP contribution in [0, 0.1) is 0 Å². The van der Waals surface area contributed by atoms with Crippen LogP contribution in [-0.2, 0) is 36.9 Å². The lowest BCUT2D eigenvalue weighted by molar-refractivity contribution is -0.131. The van der Waals surface area contributed by atoms with Gasteiger partial charge in [0.15, 0.2) is 0 Å². The summed E-state index contributed by atoms with van der Waals surface area (Å²) in [6, 6.07) is 51.6. The summed E-state index contributed by atoms with van der Waals surface area (Å²) >= 11 is 0. The Morgan fingerprint density at radius 1 is 0.469 bits per heavy atom. The molecule has 4 heteroatoms. The molecule has 4 nitrogen and oxygen atoms in total. The van der Waals surface area contributed by atoms with Crippen molar-refractivity contribution >= 4 is 23.0 Å². The van der Waals surface area contributed by atoms with Gasteiger partial charge >= 0.3 is 5.97 Å². The van der Waals surface area contributed by atoms with Crippen LogP contribution in [0.3, 0.4) is 0 Å². The lowest BCUT2D eigenvalue weighted by Gasteiger charge is -2.26. The lowest BCUT2D eigenvalue weighted by Crippen LogP contribution is -2.10. The number of carbonyl (C=O) groups is 1. The Kier molecular flexibility index (Phi) is 10.9. The summed E-state index contributed by atoms with van der Waals surface area (Å²) in [5.74, 6) is 1.16. The number of esters is 1. The molecule has 0 atom stereocenters. The highest BCUT2D eigenvalue weighted by Crippen LogP contribution is 2.36. The van der Waals surface area contributed by atoms with Gasteiger partial charge in [-0.1, -0.05) is 91.9 Å². The minimum Gasteiger partial charge on any atom is -0.497 e. The molecule has 49 heavy (non-hydrogen) atoms. The van der Waals surface area contributed by atoms with Crippen LogP contribution < -0.4 is 14.4 Å². The molecule has 0 bridgehead atoms. The fraction of sp³-hybridized carbons (Fsp3) is 0.178. The van der Waals surface area contributed by atoms with E-state index in [0.29, 0.717) is 5.75 Å². The highest BCUT2D eigenvalue weighted by Gasteiger charge is 2.14. The second kappa shape index (κ2) is 16.0. The molecule has 0 saturated carbocycles. The first-order chi connectivity index (χ1) is 24.0. The smallest absolute Gasteiger partial charge is 0.308 e. The van der Waals surface area contributed by atoms with Gasteiger partial charge in [0.2, 0.25) is 0 Å². The average Bonchev–Trinajstić information content (AvgIpc) is 3.15. The molecule has 0 aliphatic carbocycles. The topological polar surface area (TPSA) is 38.8 Å². The van der Waals surface area contributed by atoms with E-state index in [1.807, 2.05) is 36.4 Å². The number of hydrogen-bond acceptors (Lipinski definition) is 4. The molecule has 6 aromatic rings. The highest BCUT2D eigenvalue weighted by molar-refractivity contribution is 5.78. The zero-order chi connectivity index (χ0) is 34.0. The Hall–Kier alpha value is -5.61. The summed E-state index contributed by atoms with van der Waals surface area (Å²) in [5, 5.41) is 0. The molecule has 0 heterocycles. The first-order valence-electron chi connectivity index (χ1n) is 17.0. The molecular weight excluding hydrogens is 602 g/mol. The largest absolute Gasteiger partial charge is 0.497 e. The van der Waals surface area contributed by atoms with Gasteiger partial charge in [0.25, 0.3) is 0 Å². The van der Waals surface area contributed by atoms with E-state index in [4.69, 9.17) is 9.47 Å². The molecule has 0 N–H and O–H groups in total. The molecule has 0 radical (unpaired) electrons. The van der Waals surface area contributed by atoms with Crippen LogP contribution in [0.25, 0.3) is 11.1 Å². The molecule has 6 aromatic carbocycles. The first kappa shape index (κ1) is 33.3. The predicted molar refractivity (Wildman–Crippen MR) is 201 cm³/mol. The van der Waals surface area contributed by atoms with Crippen LogP contribution in [0.1, 0.15) is 41.7 Å². The summed E-state index contributed by atoms with van der Waals surface area (Å²) < 4.78 is 10.5. The Morgan fingerprint density at radius 2 is 0.796 bits per heavy atom. The fourth-order valence-electron chi connectivity index (χ4n) is 6.07. The number of hydrogen-bond donors (Lipinski definition) is 0. The van der Waals surface area contributed by atoms with E-state index in [-0.39, 0.29) is 5.97 Å². The van der Waals surface area contributed by atoms with Crippen molar-refractivity contribution in [3.63, 3.8) is 0 Å².